The third kappa shape index (κ3) is 1.61. The van der Waals surface area contributed by atoms with Crippen molar-refractivity contribution in [3.63, 3.8) is 0 Å². The molecule has 0 saturated carbocycles. The normalized spacial score (nSPS) is 31.1. The minimum absolute atomic E-state index is 0.00288. The number of hydrogen-bond donors (Lipinski definition) is 2. The van der Waals surface area contributed by atoms with Gasteiger partial charge in [0.15, 0.2) is 14.9 Å². The molecule has 1 aliphatic carbocycles. The highest BCUT2D eigenvalue weighted by atomic mass is 32.2. The second-order valence-electron chi connectivity index (χ2n) is 5.51. The van der Waals surface area contributed by atoms with Crippen LogP contribution in [0.5, 0.6) is 0 Å². The molecule has 1 spiro atoms. The Balaban J connectivity index is 2.16. The Morgan fingerprint density at radius 3 is 2.45 bits per heavy atom. The van der Waals surface area contributed by atoms with Gasteiger partial charge in [0.1, 0.15) is 5.41 Å². The first kappa shape index (κ1) is 13.7. The van der Waals surface area contributed by atoms with Crippen LogP contribution in [-0.4, -0.2) is 31.1 Å². The van der Waals surface area contributed by atoms with Crippen LogP contribution in [0.2, 0.25) is 0 Å². The highest BCUT2D eigenvalue weighted by Crippen LogP contribution is 2.52. The predicted octanol–water partition coefficient (Wildman–Crippen LogP) is 0.00620. The zero-order chi connectivity index (χ0) is 14.7. The quantitative estimate of drug-likeness (QED) is 0.485. The van der Waals surface area contributed by atoms with E-state index in [1.165, 1.54) is 0 Å². The lowest BCUT2D eigenvalue weighted by atomic mass is 9.64. The van der Waals surface area contributed by atoms with E-state index in [4.69, 9.17) is 12.2 Å². The van der Waals surface area contributed by atoms with Crippen molar-refractivity contribution in [3.8, 4) is 0 Å². The van der Waals surface area contributed by atoms with Gasteiger partial charge >= 0.3 is 0 Å². The van der Waals surface area contributed by atoms with Gasteiger partial charge in [0.2, 0.25) is 11.8 Å². The molecule has 0 aromatic rings. The lowest BCUT2D eigenvalue weighted by Crippen LogP contribution is -2.65. The number of rotatable bonds is 0. The van der Waals surface area contributed by atoms with Gasteiger partial charge in [-0.1, -0.05) is 5.57 Å². The molecule has 2 N–H and O–H groups in total. The molecule has 3 aliphatic rings. The fraction of sp³-hybridized carbons (Fsp3) is 0.583. The zero-order valence-corrected chi connectivity index (χ0v) is 12.5. The first-order valence-electron chi connectivity index (χ1n) is 6.38. The lowest BCUT2D eigenvalue weighted by molar-refractivity contribution is -0.147. The van der Waals surface area contributed by atoms with E-state index >= 15 is 0 Å². The van der Waals surface area contributed by atoms with Crippen molar-refractivity contribution in [1.82, 2.24) is 10.6 Å². The number of nitrogens with one attached hydrogen (secondary N) is 2. The largest absolute Gasteiger partial charge is 0.302 e. The third-order valence-corrected chi connectivity index (χ3v) is 6.78. The van der Waals surface area contributed by atoms with Gasteiger partial charge in [-0.15, -0.1) is 0 Å². The molecule has 20 heavy (non-hydrogen) atoms. The van der Waals surface area contributed by atoms with Crippen LogP contribution in [0.1, 0.15) is 26.2 Å². The number of carbonyl (C=O) groups is 2. The Morgan fingerprint density at radius 2 is 1.85 bits per heavy atom. The van der Waals surface area contributed by atoms with Crippen LogP contribution < -0.4 is 10.6 Å². The molecule has 1 unspecified atom stereocenters. The summed E-state index contributed by atoms with van der Waals surface area (Å²) in [6, 6.07) is 0. The Kier molecular flexibility index (Phi) is 2.81. The Labute approximate surface area is 121 Å². The lowest BCUT2D eigenvalue weighted by Gasteiger charge is -2.42. The molecule has 8 heteroatoms. The molecule has 0 radical (unpaired) electrons. The molecule has 2 aliphatic heterocycles. The molecule has 108 valence electrons. The Hall–Kier alpha value is -1.28. The predicted molar refractivity (Wildman–Crippen MR) is 75.1 cm³/mol. The third-order valence-electron chi connectivity index (χ3n) is 4.50. The van der Waals surface area contributed by atoms with Crippen LogP contribution in [0, 0.1) is 11.3 Å². The monoisotopic (exact) mass is 314 g/mol. The number of sulfone groups is 1. The maximum absolute atomic E-state index is 12.4. The van der Waals surface area contributed by atoms with Crippen LogP contribution >= 0.6 is 12.2 Å². The highest BCUT2D eigenvalue weighted by molar-refractivity contribution is 7.95. The summed E-state index contributed by atoms with van der Waals surface area (Å²) in [5.41, 5.74) is -0.562. The van der Waals surface area contributed by atoms with E-state index in [1.807, 2.05) is 0 Å². The van der Waals surface area contributed by atoms with Crippen molar-refractivity contribution < 1.29 is 18.0 Å². The van der Waals surface area contributed by atoms with Crippen molar-refractivity contribution in [2.24, 2.45) is 11.3 Å². The van der Waals surface area contributed by atoms with Gasteiger partial charge in [0, 0.05) is 10.8 Å². The van der Waals surface area contributed by atoms with E-state index in [9.17, 15) is 18.0 Å². The second-order valence-corrected chi connectivity index (χ2v) is 8.00. The molecule has 6 nitrogen and oxygen atoms in total. The minimum atomic E-state index is -3.35. The minimum Gasteiger partial charge on any atom is -0.302 e. The first-order chi connectivity index (χ1) is 9.29. The molecule has 2 fully saturated rings. The molecule has 2 saturated heterocycles. The van der Waals surface area contributed by atoms with E-state index in [2.05, 4.69) is 10.6 Å². The molecular formula is C12H14N2O4S2. The molecule has 3 rings (SSSR count). The van der Waals surface area contributed by atoms with Crippen LogP contribution in [0.25, 0.3) is 0 Å². The van der Waals surface area contributed by atoms with Crippen LogP contribution in [-0.2, 0) is 19.4 Å². The Morgan fingerprint density at radius 1 is 1.25 bits per heavy atom. The summed E-state index contributed by atoms with van der Waals surface area (Å²) in [5.74, 6) is -1.52. The van der Waals surface area contributed by atoms with Crippen molar-refractivity contribution in [3.05, 3.63) is 10.5 Å². The standard InChI is InChI=1S/C12H14N2O4S2/c1-6-2-4-12(7-3-5-20(17,18)8(6)7)9(15)13-11(19)14-10(12)16/h7H,2-5H2,1H3,(H2,13,14,15,16,19). The molecule has 2 heterocycles. The van der Waals surface area contributed by atoms with E-state index in [0.29, 0.717) is 24.2 Å². The summed E-state index contributed by atoms with van der Waals surface area (Å²) in [6.07, 6.45) is 1.06. The molecule has 0 aromatic heterocycles. The summed E-state index contributed by atoms with van der Waals surface area (Å²) in [7, 11) is -3.35. The molecule has 1 atom stereocenters. The summed E-state index contributed by atoms with van der Waals surface area (Å²) in [5, 5.41) is 4.92. The van der Waals surface area contributed by atoms with Crippen molar-refractivity contribution in [2.75, 3.05) is 5.75 Å². The van der Waals surface area contributed by atoms with Gasteiger partial charge in [-0.25, -0.2) is 8.42 Å². The smallest absolute Gasteiger partial charge is 0.242 e. The zero-order valence-electron chi connectivity index (χ0n) is 10.9. The average molecular weight is 314 g/mol. The first-order valence-corrected chi connectivity index (χ1v) is 8.44. The van der Waals surface area contributed by atoms with Crippen molar-refractivity contribution in [2.45, 2.75) is 26.2 Å². The van der Waals surface area contributed by atoms with Crippen LogP contribution in [0.4, 0.5) is 0 Å². The summed E-state index contributed by atoms with van der Waals surface area (Å²) in [6.45, 7) is 1.77. The average Bonchev–Trinajstić information content (AvgIpc) is 2.65. The van der Waals surface area contributed by atoms with E-state index in [1.54, 1.807) is 6.92 Å². The van der Waals surface area contributed by atoms with Crippen LogP contribution in [0.15, 0.2) is 10.5 Å². The number of carbonyl (C=O) groups excluding carboxylic acids is 2. The van der Waals surface area contributed by atoms with Gasteiger partial charge in [0.05, 0.1) is 5.75 Å². The topological polar surface area (TPSA) is 92.3 Å². The highest BCUT2D eigenvalue weighted by Gasteiger charge is 2.61. The number of allylic oxidation sites excluding steroid dienone is 2. The number of fused-ring (bicyclic) bond motifs is 2. The second kappa shape index (κ2) is 4.11. The number of hydrogen-bond acceptors (Lipinski definition) is 5. The van der Waals surface area contributed by atoms with Gasteiger partial charge in [-0.2, -0.15) is 0 Å². The maximum Gasteiger partial charge on any atom is 0.242 e. The summed E-state index contributed by atoms with van der Waals surface area (Å²) < 4.78 is 24.3. The fourth-order valence-corrected chi connectivity index (χ4v) is 5.89. The van der Waals surface area contributed by atoms with Gasteiger partial charge in [-0.05, 0) is 38.4 Å². The van der Waals surface area contributed by atoms with Gasteiger partial charge < -0.3 is 10.6 Å². The van der Waals surface area contributed by atoms with E-state index in [-0.39, 0.29) is 10.9 Å². The number of thiocarbonyl (C=S) groups is 1. The fourth-order valence-electron chi connectivity index (χ4n) is 3.55. The van der Waals surface area contributed by atoms with E-state index in [0.717, 1.165) is 5.57 Å². The molecule has 0 bridgehead atoms. The summed E-state index contributed by atoms with van der Waals surface area (Å²) in [4.78, 5) is 25.0. The summed E-state index contributed by atoms with van der Waals surface area (Å²) >= 11 is 4.81. The molecule has 0 aromatic carbocycles. The SMILES string of the molecule is CC1=C2C(CCS2(=O)=O)C2(CC1)C(=O)NC(=S)NC2=O. The van der Waals surface area contributed by atoms with Crippen molar-refractivity contribution in [1.29, 1.82) is 0 Å². The molecule has 2 amide bonds. The number of amides is 2. The maximum atomic E-state index is 12.4. The van der Waals surface area contributed by atoms with Gasteiger partial charge in [0.25, 0.3) is 0 Å². The Bertz CT molecular complexity index is 658. The van der Waals surface area contributed by atoms with Gasteiger partial charge in [-0.3, -0.25) is 9.59 Å². The molecular weight excluding hydrogens is 300 g/mol. The van der Waals surface area contributed by atoms with Crippen LogP contribution in [0.3, 0.4) is 0 Å². The van der Waals surface area contributed by atoms with Crippen molar-refractivity contribution >= 4 is 39.0 Å². The van der Waals surface area contributed by atoms with E-state index < -0.39 is 33.0 Å².